The van der Waals surface area contributed by atoms with Crippen LogP contribution < -0.4 is 0 Å². The number of aryl methyl sites for hydroxylation is 1. The zero-order chi connectivity index (χ0) is 24.0. The molecule has 0 bridgehead atoms. The minimum absolute atomic E-state index is 0.571. The molecule has 3 heterocycles. The lowest BCUT2D eigenvalue weighted by atomic mass is 10.00. The van der Waals surface area contributed by atoms with Crippen LogP contribution >= 0.6 is 0 Å². The number of nitrogens with one attached hydrogen (secondary N) is 1. The Morgan fingerprint density at radius 3 is 2.44 bits per heavy atom. The quantitative estimate of drug-likeness (QED) is 0.335. The van der Waals surface area contributed by atoms with Gasteiger partial charge in [0.15, 0.2) is 5.82 Å². The van der Waals surface area contributed by atoms with Gasteiger partial charge in [-0.15, -0.1) is 10.2 Å². The number of pyridine rings is 1. The van der Waals surface area contributed by atoms with E-state index in [1.165, 1.54) is 0 Å². The molecular weight excluding hydrogens is 432 g/mol. The summed E-state index contributed by atoms with van der Waals surface area (Å²) >= 11 is 0. The van der Waals surface area contributed by atoms with Gasteiger partial charge in [-0.3, -0.25) is 4.98 Å². The van der Waals surface area contributed by atoms with Gasteiger partial charge in [0.25, 0.3) is 0 Å². The van der Waals surface area contributed by atoms with Gasteiger partial charge in [0.05, 0.1) is 6.54 Å². The summed E-state index contributed by atoms with van der Waals surface area (Å²) in [6.45, 7) is 4.83. The first-order valence-electron chi connectivity index (χ1n) is 11.5. The van der Waals surface area contributed by atoms with E-state index in [0.717, 1.165) is 47.3 Å². The van der Waals surface area contributed by atoms with Gasteiger partial charge in [0, 0.05) is 45.0 Å². The summed E-state index contributed by atoms with van der Waals surface area (Å²) in [5.41, 5.74) is 4.01. The Morgan fingerprint density at radius 1 is 1.00 bits per heavy atom. The van der Waals surface area contributed by atoms with Crippen LogP contribution in [0.25, 0.3) is 22.5 Å². The van der Waals surface area contributed by atoms with Crippen molar-refractivity contribution in [1.29, 1.82) is 0 Å². The van der Waals surface area contributed by atoms with Crippen molar-refractivity contribution < 1.29 is 9.47 Å². The van der Waals surface area contributed by atoms with Crippen molar-refractivity contribution in [1.82, 2.24) is 40.4 Å². The highest BCUT2D eigenvalue weighted by Gasteiger charge is 2.36. The SMILES string of the molecule is CCCc1nc(C(CCC)(OC)OC)nn1Cc1ccc(-c2ccncc2-c2nnn[nH]2)cc1. The highest BCUT2D eigenvalue weighted by molar-refractivity contribution is 5.79. The molecule has 0 atom stereocenters. The maximum atomic E-state index is 5.73. The monoisotopic (exact) mass is 462 g/mol. The molecule has 0 saturated heterocycles. The third kappa shape index (κ3) is 4.73. The number of hydrogen-bond donors (Lipinski definition) is 1. The van der Waals surface area contributed by atoms with Gasteiger partial charge >= 0.3 is 0 Å². The fraction of sp³-hybridized carbons (Fsp3) is 0.417. The highest BCUT2D eigenvalue weighted by atomic mass is 16.7. The van der Waals surface area contributed by atoms with Crippen LogP contribution in [0.3, 0.4) is 0 Å². The Morgan fingerprint density at radius 2 is 1.79 bits per heavy atom. The maximum absolute atomic E-state index is 5.73. The number of H-pyrrole nitrogens is 1. The average Bonchev–Trinajstić information content (AvgIpc) is 3.55. The van der Waals surface area contributed by atoms with E-state index in [1.54, 1.807) is 26.6 Å². The van der Waals surface area contributed by atoms with E-state index >= 15 is 0 Å². The van der Waals surface area contributed by atoms with Gasteiger partial charge in [-0.1, -0.05) is 44.5 Å². The van der Waals surface area contributed by atoms with Crippen LogP contribution in [0, 0.1) is 0 Å². The molecule has 1 N–H and O–H groups in total. The number of nitrogens with zero attached hydrogens (tertiary/aromatic N) is 7. The molecule has 0 unspecified atom stereocenters. The van der Waals surface area contributed by atoms with Crippen molar-refractivity contribution in [3.63, 3.8) is 0 Å². The molecule has 0 aliphatic heterocycles. The zero-order valence-electron chi connectivity index (χ0n) is 20.0. The summed E-state index contributed by atoms with van der Waals surface area (Å²) in [7, 11) is 3.28. The average molecular weight is 463 g/mol. The number of aromatic amines is 1. The second-order valence-corrected chi connectivity index (χ2v) is 8.04. The Balaban J connectivity index is 1.62. The molecule has 178 valence electrons. The lowest BCUT2D eigenvalue weighted by Crippen LogP contribution is -2.32. The molecule has 4 aromatic rings. The number of methoxy groups -OCH3 is 2. The standard InChI is InChI=1S/C24H30N8O2/c1-5-7-21-26-23(24(33-3,34-4)13-6-2)29-32(21)16-17-8-10-18(11-9-17)19-12-14-25-15-20(19)22-27-30-31-28-22/h8-12,14-15H,5-7,13,16H2,1-4H3,(H,27,28,30,31). The van der Waals surface area contributed by atoms with E-state index in [4.69, 9.17) is 19.6 Å². The predicted octanol–water partition coefficient (Wildman–Crippen LogP) is 3.77. The summed E-state index contributed by atoms with van der Waals surface area (Å²) in [5.74, 6) is 1.14. The molecule has 3 aromatic heterocycles. The number of tetrazole rings is 1. The molecule has 0 radical (unpaired) electrons. The van der Waals surface area contributed by atoms with E-state index < -0.39 is 5.79 Å². The Kier molecular flexibility index (Phi) is 7.39. The second kappa shape index (κ2) is 10.6. The van der Waals surface area contributed by atoms with E-state index in [2.05, 4.69) is 63.7 Å². The third-order valence-electron chi connectivity index (χ3n) is 5.82. The maximum Gasteiger partial charge on any atom is 0.231 e. The summed E-state index contributed by atoms with van der Waals surface area (Å²) < 4.78 is 13.4. The summed E-state index contributed by atoms with van der Waals surface area (Å²) in [6.07, 6.45) is 6.89. The zero-order valence-corrected chi connectivity index (χ0v) is 20.0. The van der Waals surface area contributed by atoms with Crippen LogP contribution in [0.1, 0.15) is 50.3 Å². The Labute approximate surface area is 198 Å². The number of aromatic nitrogens is 8. The van der Waals surface area contributed by atoms with E-state index in [-0.39, 0.29) is 0 Å². The van der Waals surface area contributed by atoms with Crippen LogP contribution in [0.4, 0.5) is 0 Å². The van der Waals surface area contributed by atoms with Crippen LogP contribution in [-0.4, -0.2) is 54.6 Å². The molecule has 0 aliphatic rings. The number of ether oxygens (including phenoxy) is 2. The molecular formula is C24H30N8O2. The minimum atomic E-state index is -0.931. The van der Waals surface area contributed by atoms with Crippen LogP contribution in [-0.2, 0) is 28.2 Å². The molecule has 4 rings (SSSR count). The smallest absolute Gasteiger partial charge is 0.231 e. The van der Waals surface area contributed by atoms with Crippen LogP contribution in [0.5, 0.6) is 0 Å². The molecule has 1 aromatic carbocycles. The van der Waals surface area contributed by atoms with Crippen LogP contribution in [0.2, 0.25) is 0 Å². The first-order valence-corrected chi connectivity index (χ1v) is 11.5. The van der Waals surface area contributed by atoms with Gasteiger partial charge in [0.1, 0.15) is 5.82 Å². The lowest BCUT2D eigenvalue weighted by Gasteiger charge is -2.27. The van der Waals surface area contributed by atoms with Crippen LogP contribution in [0.15, 0.2) is 42.7 Å². The van der Waals surface area contributed by atoms with Gasteiger partial charge in [-0.05, 0) is 39.6 Å². The molecule has 0 aliphatic carbocycles. The number of rotatable bonds is 11. The molecule has 0 fully saturated rings. The van der Waals surface area contributed by atoms with E-state index in [1.807, 2.05) is 10.7 Å². The van der Waals surface area contributed by atoms with Gasteiger partial charge < -0.3 is 9.47 Å². The number of benzene rings is 1. The molecule has 34 heavy (non-hydrogen) atoms. The van der Waals surface area contributed by atoms with Crippen molar-refractivity contribution in [3.05, 3.63) is 59.9 Å². The molecule has 0 spiro atoms. The molecule has 0 amide bonds. The Hall–Kier alpha value is -3.50. The largest absolute Gasteiger partial charge is 0.347 e. The van der Waals surface area contributed by atoms with E-state index in [0.29, 0.717) is 24.6 Å². The third-order valence-corrected chi connectivity index (χ3v) is 5.82. The minimum Gasteiger partial charge on any atom is -0.347 e. The number of hydrogen-bond acceptors (Lipinski definition) is 8. The summed E-state index contributed by atoms with van der Waals surface area (Å²) in [5, 5.41) is 19.0. The summed E-state index contributed by atoms with van der Waals surface area (Å²) in [6, 6.07) is 10.3. The molecule has 0 saturated carbocycles. The van der Waals surface area contributed by atoms with E-state index in [9.17, 15) is 0 Å². The molecule has 10 heteroatoms. The summed E-state index contributed by atoms with van der Waals surface area (Å²) in [4.78, 5) is 9.03. The second-order valence-electron chi connectivity index (χ2n) is 8.04. The first kappa shape index (κ1) is 23.7. The normalized spacial score (nSPS) is 11.8. The van der Waals surface area contributed by atoms with Gasteiger partial charge in [0.2, 0.25) is 11.6 Å². The topological polar surface area (TPSA) is 117 Å². The Bertz CT molecular complexity index is 1180. The highest BCUT2D eigenvalue weighted by Crippen LogP contribution is 2.31. The van der Waals surface area contributed by atoms with Crippen molar-refractivity contribution in [2.24, 2.45) is 0 Å². The van der Waals surface area contributed by atoms with Crippen molar-refractivity contribution in [2.75, 3.05) is 14.2 Å². The molecule has 10 nitrogen and oxygen atoms in total. The lowest BCUT2D eigenvalue weighted by molar-refractivity contribution is -0.225. The van der Waals surface area contributed by atoms with Crippen molar-refractivity contribution in [2.45, 2.75) is 51.9 Å². The predicted molar refractivity (Wildman–Crippen MR) is 127 cm³/mol. The van der Waals surface area contributed by atoms with Crippen molar-refractivity contribution in [3.8, 4) is 22.5 Å². The van der Waals surface area contributed by atoms with Gasteiger partial charge in [-0.2, -0.15) is 0 Å². The fourth-order valence-electron chi connectivity index (χ4n) is 4.05. The van der Waals surface area contributed by atoms with Gasteiger partial charge in [-0.25, -0.2) is 14.8 Å². The first-order chi connectivity index (χ1) is 16.6. The van der Waals surface area contributed by atoms with Crippen molar-refractivity contribution >= 4 is 0 Å². The fourth-order valence-corrected chi connectivity index (χ4v) is 4.05.